The average molecular weight is 481 g/mol. The number of hydrogen-bond acceptors (Lipinski definition) is 11. The summed E-state index contributed by atoms with van der Waals surface area (Å²) < 4.78 is 19.4. The van der Waals surface area contributed by atoms with Crippen LogP contribution in [0.15, 0.2) is 0 Å². The minimum absolute atomic E-state index is 0. The molecule has 8 atom stereocenters. The van der Waals surface area contributed by atoms with E-state index in [9.17, 15) is 25.2 Å². The predicted octanol–water partition coefficient (Wildman–Crippen LogP) is -1.49. The molecular formula is C19H44O13. The van der Waals surface area contributed by atoms with E-state index in [0.717, 1.165) is 20.0 Å². The average Bonchev–Trinajstić information content (AvgIpc) is 2.76. The van der Waals surface area contributed by atoms with Crippen molar-refractivity contribution in [2.75, 3.05) is 21.3 Å². The summed E-state index contributed by atoms with van der Waals surface area (Å²) in [5, 5.41) is 51.7. The van der Waals surface area contributed by atoms with E-state index in [0.29, 0.717) is 18.8 Å². The first kappa shape index (κ1) is 35.2. The van der Waals surface area contributed by atoms with Gasteiger partial charge in [0.25, 0.3) is 12.9 Å². The molecule has 1 heterocycles. The monoisotopic (exact) mass is 480 g/mol. The van der Waals surface area contributed by atoms with E-state index in [1.165, 1.54) is 7.11 Å². The number of hydrogen-bond donors (Lipinski definition) is 6. The smallest absolute Gasteiger partial charge is 0.295 e. The molecule has 0 radical (unpaired) electrons. The van der Waals surface area contributed by atoms with Gasteiger partial charge in [0.05, 0.1) is 24.4 Å². The molecule has 0 aromatic heterocycles. The molecule has 0 aromatic rings. The topological polar surface area (TPSA) is 224 Å². The second-order valence-electron chi connectivity index (χ2n) is 6.84. The maximum absolute atomic E-state index is 9.97. The van der Waals surface area contributed by atoms with Crippen molar-refractivity contribution in [1.82, 2.24) is 0 Å². The molecule has 2 aliphatic rings. The Morgan fingerprint density at radius 1 is 0.906 bits per heavy atom. The lowest BCUT2D eigenvalue weighted by Crippen LogP contribution is -2.49. The summed E-state index contributed by atoms with van der Waals surface area (Å²) in [6.07, 6.45) is -1.53. The Morgan fingerprint density at radius 2 is 1.44 bits per heavy atom. The lowest BCUT2D eigenvalue weighted by molar-refractivity contribution is -0.302. The van der Waals surface area contributed by atoms with Gasteiger partial charge in [-0.05, 0) is 31.6 Å². The maximum Gasteiger partial charge on any atom is 0.295 e. The lowest BCUT2D eigenvalue weighted by atomic mass is 9.87. The number of rotatable bonds is 4. The Morgan fingerprint density at radius 3 is 1.91 bits per heavy atom. The molecule has 1 saturated heterocycles. The molecule has 198 valence electrons. The minimum atomic E-state index is -1.11. The van der Waals surface area contributed by atoms with Gasteiger partial charge in [-0.1, -0.05) is 6.92 Å². The van der Waals surface area contributed by atoms with Gasteiger partial charge in [-0.25, -0.2) is 0 Å². The third kappa shape index (κ3) is 13.9. The highest BCUT2D eigenvalue weighted by Crippen LogP contribution is 2.24. The molecule has 8 N–H and O–H groups in total. The predicted molar refractivity (Wildman–Crippen MR) is 115 cm³/mol. The summed E-state index contributed by atoms with van der Waals surface area (Å²) in [4.78, 5) is 18.3. The highest BCUT2D eigenvalue weighted by molar-refractivity contribution is 5.37. The molecule has 0 aromatic carbocycles. The second kappa shape index (κ2) is 21.4. The molecule has 13 heteroatoms. The van der Waals surface area contributed by atoms with Crippen LogP contribution in [-0.2, 0) is 28.5 Å². The van der Waals surface area contributed by atoms with E-state index in [4.69, 9.17) is 29.2 Å². The number of carboxylic acid groups (broad SMARTS) is 1. The van der Waals surface area contributed by atoms with Crippen LogP contribution in [0.1, 0.15) is 41.9 Å². The standard InChI is InChI=1S/C10H20O3.C7H12O6.CH2O2.CH4O.H2O.2H2/c1-7-3-6-10(13-2)9(12)5-4-8(7)11;1-11-7-6(10)4(9)2-5(13-7)12-3-8;2-1-3;1-2;;;/h7-12H,3-6H2,1-2H3;3-7,9-10H,2H2,1H3;1H,(H,2,3);2H,1H3;1H2;2*1H. The molecule has 2 fully saturated rings. The number of aliphatic hydroxyl groups excluding tert-OH is 5. The van der Waals surface area contributed by atoms with Gasteiger partial charge in [-0.15, -0.1) is 0 Å². The Labute approximate surface area is 190 Å². The Hall–Kier alpha value is -1.42. The quantitative estimate of drug-likeness (QED) is 0.253. The van der Waals surface area contributed by atoms with Gasteiger partial charge in [0.2, 0.25) is 6.29 Å². The fourth-order valence-corrected chi connectivity index (χ4v) is 3.05. The molecule has 13 nitrogen and oxygen atoms in total. The molecule has 1 saturated carbocycles. The molecule has 32 heavy (non-hydrogen) atoms. The Balaban J connectivity index is -0.000000129. The molecule has 8 unspecified atom stereocenters. The summed E-state index contributed by atoms with van der Waals surface area (Å²) in [7, 11) is 3.96. The van der Waals surface area contributed by atoms with Gasteiger partial charge in [0.15, 0.2) is 6.29 Å². The van der Waals surface area contributed by atoms with Crippen LogP contribution < -0.4 is 0 Å². The SMILES string of the molecule is CO.COC1CCC(C)C(O)CCC1O.COC1OC(OC=O)CC(O)C1O.O.O=CO.[HH].[HH]. The van der Waals surface area contributed by atoms with Crippen molar-refractivity contribution >= 4 is 12.9 Å². The maximum atomic E-state index is 9.97. The van der Waals surface area contributed by atoms with Crippen molar-refractivity contribution in [3.8, 4) is 0 Å². The minimum Gasteiger partial charge on any atom is -0.483 e. The van der Waals surface area contributed by atoms with E-state index >= 15 is 0 Å². The van der Waals surface area contributed by atoms with Gasteiger partial charge in [0.1, 0.15) is 6.10 Å². The molecule has 0 spiro atoms. The summed E-state index contributed by atoms with van der Waals surface area (Å²) in [5.74, 6) is 0.324. The first-order chi connectivity index (χ1) is 14.7. The van der Waals surface area contributed by atoms with Crippen LogP contribution in [-0.4, -0.2) is 113 Å². The van der Waals surface area contributed by atoms with Crippen LogP contribution in [0.25, 0.3) is 0 Å². The van der Waals surface area contributed by atoms with E-state index in [2.05, 4.69) is 11.7 Å². The van der Waals surface area contributed by atoms with Crippen molar-refractivity contribution < 1.29 is 67.5 Å². The van der Waals surface area contributed by atoms with Crippen molar-refractivity contribution in [2.24, 2.45) is 5.92 Å². The van der Waals surface area contributed by atoms with E-state index in [-0.39, 0.29) is 39.9 Å². The van der Waals surface area contributed by atoms with E-state index in [1.54, 1.807) is 7.11 Å². The van der Waals surface area contributed by atoms with Crippen molar-refractivity contribution in [3.63, 3.8) is 0 Å². The molecule has 2 rings (SSSR count). The number of ether oxygens (including phenoxy) is 4. The molecule has 0 amide bonds. The van der Waals surface area contributed by atoms with Gasteiger partial charge in [0, 0.05) is 30.6 Å². The normalized spacial score (nSPS) is 34.0. The molecule has 1 aliphatic heterocycles. The molecule has 1 aliphatic carbocycles. The first-order valence-corrected chi connectivity index (χ1v) is 9.80. The fourth-order valence-electron chi connectivity index (χ4n) is 3.05. The van der Waals surface area contributed by atoms with Crippen LogP contribution >= 0.6 is 0 Å². The third-order valence-corrected chi connectivity index (χ3v) is 4.89. The van der Waals surface area contributed by atoms with Crippen LogP contribution in [0.2, 0.25) is 0 Å². The van der Waals surface area contributed by atoms with E-state index < -0.39 is 30.9 Å². The van der Waals surface area contributed by atoms with Crippen LogP contribution in [0.4, 0.5) is 0 Å². The summed E-state index contributed by atoms with van der Waals surface area (Å²) in [6, 6.07) is 0. The largest absolute Gasteiger partial charge is 0.483 e. The second-order valence-corrected chi connectivity index (χ2v) is 6.84. The van der Waals surface area contributed by atoms with Crippen LogP contribution in [0.5, 0.6) is 0 Å². The summed E-state index contributed by atoms with van der Waals surface area (Å²) in [6.45, 7) is 2.02. The van der Waals surface area contributed by atoms with Crippen molar-refractivity contribution in [1.29, 1.82) is 0 Å². The highest BCUT2D eigenvalue weighted by atomic mass is 16.8. The van der Waals surface area contributed by atoms with Crippen molar-refractivity contribution in [3.05, 3.63) is 0 Å². The zero-order valence-corrected chi connectivity index (χ0v) is 18.9. The van der Waals surface area contributed by atoms with Crippen LogP contribution in [0.3, 0.4) is 0 Å². The molecule has 0 bridgehead atoms. The summed E-state index contributed by atoms with van der Waals surface area (Å²) in [5.41, 5.74) is 0. The number of carbonyl (C=O) groups is 2. The fraction of sp³-hybridized carbons (Fsp3) is 0.895. The highest BCUT2D eigenvalue weighted by Gasteiger charge is 2.37. The number of methoxy groups -OCH3 is 2. The molecular weight excluding hydrogens is 436 g/mol. The number of carbonyl (C=O) groups excluding carboxylic acids is 1. The van der Waals surface area contributed by atoms with Gasteiger partial charge in [-0.2, -0.15) is 0 Å². The summed E-state index contributed by atoms with van der Waals surface area (Å²) >= 11 is 0. The Bertz CT molecular complexity index is 450. The van der Waals surface area contributed by atoms with E-state index in [1.807, 2.05) is 0 Å². The van der Waals surface area contributed by atoms with Crippen molar-refractivity contribution in [2.45, 2.75) is 82.1 Å². The van der Waals surface area contributed by atoms with Gasteiger partial charge in [-0.3, -0.25) is 9.59 Å². The lowest BCUT2D eigenvalue weighted by Gasteiger charge is -2.34. The van der Waals surface area contributed by atoms with Gasteiger partial charge < -0.3 is 55.1 Å². The third-order valence-electron chi connectivity index (χ3n) is 4.89. The Kier molecular flexibility index (Phi) is 23.6. The zero-order valence-electron chi connectivity index (χ0n) is 18.9. The van der Waals surface area contributed by atoms with Gasteiger partial charge >= 0.3 is 0 Å². The zero-order chi connectivity index (χ0) is 24.4. The van der Waals surface area contributed by atoms with Crippen LogP contribution in [0, 0.1) is 5.92 Å². The first-order valence-electron chi connectivity index (χ1n) is 9.80. The number of aliphatic hydroxyl groups is 5.